The Kier molecular flexibility index (Phi) is 7.72. The van der Waals surface area contributed by atoms with Gasteiger partial charge in [-0.25, -0.2) is 13.2 Å². The van der Waals surface area contributed by atoms with Crippen molar-refractivity contribution in [3.63, 3.8) is 0 Å². The first-order chi connectivity index (χ1) is 18.8. The number of ether oxygens (including phenoxy) is 2. The van der Waals surface area contributed by atoms with Gasteiger partial charge < -0.3 is 13.9 Å². The zero-order chi connectivity index (χ0) is 29.2. The topological polar surface area (TPSA) is 85.4 Å². The van der Waals surface area contributed by atoms with Gasteiger partial charge in [-0.1, -0.05) is 59.2 Å². The van der Waals surface area contributed by atoms with Crippen molar-refractivity contribution >= 4 is 24.4 Å². The molecule has 1 aromatic carbocycles. The highest BCUT2D eigenvalue weighted by molar-refractivity contribution is 7.89. The summed E-state index contributed by atoms with van der Waals surface area (Å²) in [4.78, 5) is 15.2. The number of hydrogen-bond acceptors (Lipinski definition) is 6. The minimum atomic E-state index is -3.82. The van der Waals surface area contributed by atoms with Gasteiger partial charge >= 0.3 is 6.09 Å². The van der Waals surface area contributed by atoms with Crippen LogP contribution in [-0.4, -0.2) is 69.6 Å². The molecule has 0 bridgehead atoms. The number of benzene rings is 1. The van der Waals surface area contributed by atoms with E-state index in [0.29, 0.717) is 36.1 Å². The van der Waals surface area contributed by atoms with E-state index in [1.54, 1.807) is 17.0 Å². The van der Waals surface area contributed by atoms with E-state index < -0.39 is 36.2 Å². The van der Waals surface area contributed by atoms with Crippen LogP contribution in [0.1, 0.15) is 66.9 Å². The van der Waals surface area contributed by atoms with Gasteiger partial charge in [0, 0.05) is 13.1 Å². The highest BCUT2D eigenvalue weighted by Gasteiger charge is 2.75. The molecule has 8 nitrogen and oxygen atoms in total. The first-order valence-electron chi connectivity index (χ1n) is 14.8. The summed E-state index contributed by atoms with van der Waals surface area (Å²) < 4.78 is 47.9. The van der Waals surface area contributed by atoms with Gasteiger partial charge in [-0.15, -0.1) is 0 Å². The zero-order valence-electron chi connectivity index (χ0n) is 25.2. The molecule has 1 spiro atoms. The maximum absolute atomic E-state index is 13.8. The molecule has 0 N–H and O–H groups in total. The first kappa shape index (κ1) is 29.6. The summed E-state index contributed by atoms with van der Waals surface area (Å²) in [6.45, 7) is 18.8. The third kappa shape index (κ3) is 4.27. The van der Waals surface area contributed by atoms with Gasteiger partial charge in [-0.05, 0) is 72.9 Å². The molecular formula is C30H46N2O6SSi. The van der Waals surface area contributed by atoms with Crippen LogP contribution in [0.15, 0.2) is 41.0 Å². The van der Waals surface area contributed by atoms with Crippen LogP contribution < -0.4 is 0 Å². The molecule has 1 aromatic rings. The van der Waals surface area contributed by atoms with E-state index in [-0.39, 0.29) is 29.4 Å². The van der Waals surface area contributed by atoms with Crippen LogP contribution in [0.4, 0.5) is 4.79 Å². The summed E-state index contributed by atoms with van der Waals surface area (Å²) in [6.07, 6.45) is 1.85. The van der Waals surface area contributed by atoms with E-state index in [4.69, 9.17) is 13.9 Å². The SMILES string of the molecule is C/C(=C/O[Si](C(C)C)(C(C)C)C(C)C)C[C@H]1CN2C(=O)O[C@H]3CO[C@@H]4N(S(=O)(=O)c5ccc(C)cc5)CC[C@@H]1[C@]342. The molecule has 10 heteroatoms. The number of allylic oxidation sites excluding steroid dienone is 1. The minimum absolute atomic E-state index is 0.0755. The van der Waals surface area contributed by atoms with E-state index in [1.807, 2.05) is 25.3 Å². The Morgan fingerprint density at radius 3 is 2.35 bits per heavy atom. The normalized spacial score (nSPS) is 30.8. The molecule has 4 heterocycles. The number of carbonyl (C=O) groups is 1. The van der Waals surface area contributed by atoms with Gasteiger partial charge in [0.05, 0.1) is 17.8 Å². The molecule has 0 radical (unpaired) electrons. The molecule has 4 aliphatic heterocycles. The molecule has 40 heavy (non-hydrogen) atoms. The lowest BCUT2D eigenvalue weighted by atomic mass is 9.71. The summed E-state index contributed by atoms with van der Waals surface area (Å²) in [5.74, 6) is 0.253. The van der Waals surface area contributed by atoms with Crippen LogP contribution in [0.2, 0.25) is 16.6 Å². The lowest BCUT2D eigenvalue weighted by molar-refractivity contribution is -0.0736. The van der Waals surface area contributed by atoms with Gasteiger partial charge in [-0.3, -0.25) is 4.90 Å². The predicted molar refractivity (Wildman–Crippen MR) is 157 cm³/mol. The van der Waals surface area contributed by atoms with E-state index in [9.17, 15) is 13.2 Å². The van der Waals surface area contributed by atoms with E-state index >= 15 is 0 Å². The summed E-state index contributed by atoms with van der Waals surface area (Å²) in [5.41, 5.74) is 2.81. The fourth-order valence-corrected chi connectivity index (χ4v) is 15.3. The third-order valence-electron chi connectivity index (χ3n) is 10.1. The number of piperidine rings is 1. The van der Waals surface area contributed by atoms with Crippen molar-refractivity contribution in [2.45, 2.75) is 108 Å². The predicted octanol–water partition coefficient (Wildman–Crippen LogP) is 6.04. The Morgan fingerprint density at radius 1 is 1.12 bits per heavy atom. The maximum Gasteiger partial charge on any atom is 0.410 e. The molecule has 0 unspecified atom stereocenters. The maximum atomic E-state index is 13.8. The molecule has 0 aromatic heterocycles. The number of aryl methyl sites for hydroxylation is 1. The second-order valence-electron chi connectivity index (χ2n) is 13.2. The number of nitrogens with zero attached hydrogens (tertiary/aromatic N) is 2. The quantitative estimate of drug-likeness (QED) is 0.258. The second-order valence-corrected chi connectivity index (χ2v) is 20.5. The van der Waals surface area contributed by atoms with Crippen molar-refractivity contribution in [3.05, 3.63) is 41.7 Å². The molecule has 5 atom stereocenters. The van der Waals surface area contributed by atoms with Crippen molar-refractivity contribution in [1.82, 2.24) is 9.21 Å². The van der Waals surface area contributed by atoms with Gasteiger partial charge in [0.1, 0.15) is 5.54 Å². The van der Waals surface area contributed by atoms with Crippen LogP contribution in [0, 0.1) is 18.8 Å². The Morgan fingerprint density at radius 2 is 1.75 bits per heavy atom. The van der Waals surface area contributed by atoms with Crippen LogP contribution in [0.25, 0.3) is 0 Å². The smallest absolute Gasteiger partial charge is 0.410 e. The standard InChI is InChI=1S/C30H46N2O6SSi/c1-19(2)40(20(3)4,21(5)6)37-17-23(8)15-24-16-31-29(33)38-27-18-36-28-30(27,31)26(24)13-14-32(28)39(34,35)25-11-9-22(7)10-12-25/h9-12,17,19-21,24,26-28H,13-16,18H2,1-8H3/b23-17-/t24-,26-,27-,28-,30-/m0/s1. The molecule has 4 saturated heterocycles. The summed E-state index contributed by atoms with van der Waals surface area (Å²) in [7, 11) is -5.86. The van der Waals surface area contributed by atoms with Gasteiger partial charge in [0.15, 0.2) is 12.3 Å². The van der Waals surface area contributed by atoms with Crippen molar-refractivity contribution in [2.24, 2.45) is 11.8 Å². The Hall–Kier alpha value is -1.88. The summed E-state index contributed by atoms with van der Waals surface area (Å²) >= 11 is 0. The zero-order valence-corrected chi connectivity index (χ0v) is 27.0. The molecule has 5 rings (SSSR count). The van der Waals surface area contributed by atoms with E-state index in [2.05, 4.69) is 48.5 Å². The van der Waals surface area contributed by atoms with Gasteiger partial charge in [0.25, 0.3) is 8.32 Å². The van der Waals surface area contributed by atoms with Crippen molar-refractivity contribution < 1.29 is 27.1 Å². The van der Waals surface area contributed by atoms with Crippen molar-refractivity contribution in [1.29, 1.82) is 0 Å². The number of hydrogen-bond donors (Lipinski definition) is 0. The van der Waals surface area contributed by atoms with Crippen LogP contribution in [0.3, 0.4) is 0 Å². The largest absolute Gasteiger partial charge is 0.548 e. The number of rotatable bonds is 9. The van der Waals surface area contributed by atoms with Crippen LogP contribution in [-0.2, 0) is 23.9 Å². The summed E-state index contributed by atoms with van der Waals surface area (Å²) in [6, 6.07) is 6.91. The van der Waals surface area contributed by atoms with Crippen molar-refractivity contribution in [3.8, 4) is 0 Å². The highest BCUT2D eigenvalue weighted by Crippen LogP contribution is 2.58. The molecule has 1 amide bonds. The van der Waals surface area contributed by atoms with E-state index in [0.717, 1.165) is 17.6 Å². The Labute approximate surface area is 241 Å². The second kappa shape index (κ2) is 10.4. The van der Waals surface area contributed by atoms with E-state index in [1.165, 1.54) is 4.31 Å². The number of amides is 1. The Balaban J connectivity index is 1.42. The molecule has 0 saturated carbocycles. The lowest BCUT2D eigenvalue weighted by Gasteiger charge is -2.47. The Bertz CT molecular complexity index is 1240. The minimum Gasteiger partial charge on any atom is -0.548 e. The molecule has 4 aliphatic rings. The summed E-state index contributed by atoms with van der Waals surface area (Å²) in [5, 5.41) is 0. The monoisotopic (exact) mass is 590 g/mol. The fraction of sp³-hybridized carbons (Fsp3) is 0.700. The lowest BCUT2D eigenvalue weighted by Crippen LogP contribution is -2.66. The first-order valence-corrected chi connectivity index (χ1v) is 18.4. The van der Waals surface area contributed by atoms with Crippen molar-refractivity contribution in [2.75, 3.05) is 19.7 Å². The molecule has 0 aliphatic carbocycles. The third-order valence-corrected chi connectivity index (χ3v) is 17.9. The van der Waals surface area contributed by atoms with Gasteiger partial charge in [-0.2, -0.15) is 4.31 Å². The highest BCUT2D eigenvalue weighted by atomic mass is 32.2. The number of carbonyl (C=O) groups excluding carboxylic acids is 1. The fourth-order valence-electron chi connectivity index (χ4n) is 8.51. The molecular weight excluding hydrogens is 544 g/mol. The van der Waals surface area contributed by atoms with Gasteiger partial charge in [0.2, 0.25) is 10.0 Å². The molecule has 222 valence electrons. The molecule has 4 fully saturated rings. The average Bonchev–Trinajstić information content (AvgIpc) is 3.49. The average molecular weight is 591 g/mol. The van der Waals surface area contributed by atoms with Crippen LogP contribution in [0.5, 0.6) is 0 Å². The number of sulfonamides is 1. The van der Waals surface area contributed by atoms with Crippen LogP contribution >= 0.6 is 0 Å².